The fourth-order valence-electron chi connectivity index (χ4n) is 4.01. The van der Waals surface area contributed by atoms with Crippen LogP contribution in [-0.4, -0.2) is 69.4 Å². The first-order valence-corrected chi connectivity index (χ1v) is 12.0. The average molecular weight is 500 g/mol. The summed E-state index contributed by atoms with van der Waals surface area (Å²) >= 11 is 0. The molecule has 3 atom stereocenters. The van der Waals surface area contributed by atoms with Crippen molar-refractivity contribution in [3.05, 3.63) is 35.7 Å². The highest BCUT2D eigenvalue weighted by Gasteiger charge is 2.38. The highest BCUT2D eigenvalue weighted by atomic mass is 16.2. The van der Waals surface area contributed by atoms with E-state index in [1.54, 1.807) is 12.1 Å². The minimum absolute atomic E-state index is 0.0569. The molecular weight excluding hydrogens is 466 g/mol. The zero-order valence-corrected chi connectivity index (χ0v) is 20.5. The minimum Gasteiger partial charge on any atom is -0.347 e. The number of anilines is 1. The Labute approximate surface area is 208 Å². The summed E-state index contributed by atoms with van der Waals surface area (Å²) in [6, 6.07) is 5.67. The normalized spacial score (nSPS) is 16.1. The van der Waals surface area contributed by atoms with Gasteiger partial charge in [-0.05, 0) is 30.5 Å². The Morgan fingerprint density at radius 3 is 2.69 bits per heavy atom. The first kappa shape index (κ1) is 26.7. The van der Waals surface area contributed by atoms with Crippen LogP contribution in [0.25, 0.3) is 0 Å². The molecule has 0 bridgehead atoms. The summed E-state index contributed by atoms with van der Waals surface area (Å²) in [4.78, 5) is 52.8. The molecule has 0 saturated heterocycles. The largest absolute Gasteiger partial charge is 0.347 e. The SMILES string of the molecule is CC[C@H](C)[C@H](NC(=O)CCCN)C(=O)NCC(=O)N1c2ccccc2C[C@H]1C(=O)NCc1nn[nH]n1. The predicted molar refractivity (Wildman–Crippen MR) is 130 cm³/mol. The zero-order chi connectivity index (χ0) is 26.1. The van der Waals surface area contributed by atoms with Crippen molar-refractivity contribution >= 4 is 29.3 Å². The van der Waals surface area contributed by atoms with Gasteiger partial charge in [-0.2, -0.15) is 5.21 Å². The summed E-state index contributed by atoms with van der Waals surface area (Å²) in [5.41, 5.74) is 6.93. The van der Waals surface area contributed by atoms with Crippen LogP contribution in [0.4, 0.5) is 5.69 Å². The van der Waals surface area contributed by atoms with E-state index in [0.717, 1.165) is 5.56 Å². The number of benzene rings is 1. The summed E-state index contributed by atoms with van der Waals surface area (Å²) < 4.78 is 0. The van der Waals surface area contributed by atoms with E-state index in [-0.39, 0.29) is 37.2 Å². The third-order valence-electron chi connectivity index (χ3n) is 6.19. The smallest absolute Gasteiger partial charge is 0.247 e. The van der Waals surface area contributed by atoms with Crippen LogP contribution in [0.1, 0.15) is 44.5 Å². The van der Waals surface area contributed by atoms with E-state index in [0.29, 0.717) is 37.3 Å². The molecule has 6 N–H and O–H groups in total. The molecule has 194 valence electrons. The Balaban J connectivity index is 1.67. The van der Waals surface area contributed by atoms with Gasteiger partial charge in [0.25, 0.3) is 0 Å². The van der Waals surface area contributed by atoms with E-state index in [4.69, 9.17) is 5.73 Å². The molecule has 0 saturated carbocycles. The Bertz CT molecular complexity index is 1060. The van der Waals surface area contributed by atoms with Gasteiger partial charge in [-0.25, -0.2) is 0 Å². The van der Waals surface area contributed by atoms with Crippen LogP contribution in [0.15, 0.2) is 24.3 Å². The van der Waals surface area contributed by atoms with Gasteiger partial charge in [0.2, 0.25) is 23.6 Å². The number of tetrazole rings is 1. The van der Waals surface area contributed by atoms with E-state index < -0.39 is 23.9 Å². The van der Waals surface area contributed by atoms with Crippen LogP contribution in [0, 0.1) is 5.92 Å². The number of fused-ring (bicyclic) bond motifs is 1. The second kappa shape index (κ2) is 12.7. The minimum atomic E-state index is -0.792. The Morgan fingerprint density at radius 2 is 2.00 bits per heavy atom. The molecule has 0 spiro atoms. The molecule has 0 radical (unpaired) electrons. The number of nitrogens with one attached hydrogen (secondary N) is 4. The van der Waals surface area contributed by atoms with Crippen LogP contribution in [0.2, 0.25) is 0 Å². The molecule has 36 heavy (non-hydrogen) atoms. The second-order valence-corrected chi connectivity index (χ2v) is 8.70. The van der Waals surface area contributed by atoms with Gasteiger partial charge in [-0.3, -0.25) is 24.1 Å². The monoisotopic (exact) mass is 499 g/mol. The molecule has 1 aromatic carbocycles. The number of hydrogen-bond donors (Lipinski definition) is 5. The quantitative estimate of drug-likeness (QED) is 0.250. The van der Waals surface area contributed by atoms with Crippen LogP contribution in [0.5, 0.6) is 0 Å². The third kappa shape index (κ3) is 6.62. The number of nitrogens with zero attached hydrogens (tertiary/aromatic N) is 4. The zero-order valence-electron chi connectivity index (χ0n) is 20.5. The molecule has 0 fully saturated rings. The number of aromatic nitrogens is 4. The van der Waals surface area contributed by atoms with Crippen molar-refractivity contribution in [3.8, 4) is 0 Å². The van der Waals surface area contributed by atoms with Gasteiger partial charge < -0.3 is 21.7 Å². The number of hydrogen-bond acceptors (Lipinski definition) is 8. The lowest BCUT2D eigenvalue weighted by atomic mass is 9.98. The lowest BCUT2D eigenvalue weighted by molar-refractivity contribution is -0.131. The lowest BCUT2D eigenvalue weighted by Crippen LogP contribution is -2.54. The summed E-state index contributed by atoms with van der Waals surface area (Å²) in [5, 5.41) is 21.5. The van der Waals surface area contributed by atoms with Crippen molar-refractivity contribution in [1.82, 2.24) is 36.6 Å². The summed E-state index contributed by atoms with van der Waals surface area (Å²) in [6.07, 6.45) is 1.73. The third-order valence-corrected chi connectivity index (χ3v) is 6.19. The molecule has 2 heterocycles. The van der Waals surface area contributed by atoms with Crippen molar-refractivity contribution < 1.29 is 19.2 Å². The molecule has 1 aliphatic rings. The summed E-state index contributed by atoms with van der Waals surface area (Å²) in [5.74, 6) is -1.36. The van der Waals surface area contributed by atoms with Gasteiger partial charge in [-0.15, -0.1) is 10.2 Å². The second-order valence-electron chi connectivity index (χ2n) is 8.70. The first-order valence-electron chi connectivity index (χ1n) is 12.0. The molecular formula is C23H33N9O4. The van der Waals surface area contributed by atoms with E-state index in [1.807, 2.05) is 26.0 Å². The Hall–Kier alpha value is -3.87. The molecule has 4 amide bonds. The predicted octanol–water partition coefficient (Wildman–Crippen LogP) is -0.840. The molecule has 1 aromatic heterocycles. The van der Waals surface area contributed by atoms with Crippen LogP contribution < -0.4 is 26.6 Å². The van der Waals surface area contributed by atoms with Gasteiger partial charge in [0.05, 0.1) is 13.1 Å². The number of rotatable bonds is 12. The number of carbonyl (C=O) groups is 4. The molecule has 0 unspecified atom stereocenters. The maximum Gasteiger partial charge on any atom is 0.247 e. The van der Waals surface area contributed by atoms with Gasteiger partial charge in [0.15, 0.2) is 5.82 Å². The van der Waals surface area contributed by atoms with Gasteiger partial charge in [0.1, 0.15) is 12.1 Å². The fourth-order valence-corrected chi connectivity index (χ4v) is 4.01. The highest BCUT2D eigenvalue weighted by Crippen LogP contribution is 2.32. The summed E-state index contributed by atoms with van der Waals surface area (Å²) in [6.45, 7) is 3.88. The van der Waals surface area contributed by atoms with Gasteiger partial charge in [0, 0.05) is 18.5 Å². The van der Waals surface area contributed by atoms with Crippen molar-refractivity contribution in [1.29, 1.82) is 0 Å². The Morgan fingerprint density at radius 1 is 1.22 bits per heavy atom. The first-order chi connectivity index (χ1) is 17.3. The average Bonchev–Trinajstić information content (AvgIpc) is 3.55. The van der Waals surface area contributed by atoms with E-state index in [9.17, 15) is 19.2 Å². The van der Waals surface area contributed by atoms with Crippen molar-refractivity contribution in [2.75, 3.05) is 18.0 Å². The van der Waals surface area contributed by atoms with E-state index in [1.165, 1.54) is 4.90 Å². The highest BCUT2D eigenvalue weighted by molar-refractivity contribution is 6.05. The van der Waals surface area contributed by atoms with Crippen molar-refractivity contribution in [2.24, 2.45) is 11.7 Å². The van der Waals surface area contributed by atoms with Crippen molar-refractivity contribution in [2.45, 2.75) is 58.2 Å². The topological polar surface area (TPSA) is 188 Å². The maximum atomic E-state index is 13.3. The number of amides is 4. The van der Waals surface area contributed by atoms with Crippen molar-refractivity contribution in [3.63, 3.8) is 0 Å². The number of nitrogens with two attached hydrogens (primary N) is 1. The van der Waals surface area contributed by atoms with Crippen LogP contribution in [-0.2, 0) is 32.1 Å². The molecule has 13 heteroatoms. The number of aromatic amines is 1. The fraction of sp³-hybridized carbons (Fsp3) is 0.522. The summed E-state index contributed by atoms with van der Waals surface area (Å²) in [7, 11) is 0. The molecule has 0 aliphatic carbocycles. The standard InChI is InChI=1S/C23H33N9O4/c1-3-14(2)21(27-19(33)9-6-10-24)23(36)26-13-20(34)32-16-8-5-4-7-15(16)11-17(32)22(35)25-12-18-28-30-31-29-18/h4-5,7-8,14,17,21H,3,6,9-13,24H2,1-2H3,(H,25,35)(H,26,36)(H,27,33)(H,28,29,30,31)/t14-,17-,21-/m0/s1. The number of H-pyrrole nitrogens is 1. The van der Waals surface area contributed by atoms with Crippen LogP contribution in [0.3, 0.4) is 0 Å². The van der Waals surface area contributed by atoms with Gasteiger partial charge >= 0.3 is 0 Å². The molecule has 2 aromatic rings. The molecule has 13 nitrogen and oxygen atoms in total. The maximum absolute atomic E-state index is 13.3. The lowest BCUT2D eigenvalue weighted by Gasteiger charge is -2.26. The van der Waals surface area contributed by atoms with Gasteiger partial charge in [-0.1, -0.05) is 43.7 Å². The molecule has 3 rings (SSSR count). The Kier molecular flexibility index (Phi) is 9.45. The number of para-hydroxylation sites is 1. The number of carbonyl (C=O) groups excluding carboxylic acids is 4. The van der Waals surface area contributed by atoms with E-state index >= 15 is 0 Å². The van der Waals surface area contributed by atoms with Crippen LogP contribution >= 0.6 is 0 Å². The van der Waals surface area contributed by atoms with E-state index in [2.05, 4.69) is 36.6 Å². The molecule has 1 aliphatic heterocycles.